The Balaban J connectivity index is 0.810. The molecule has 0 bridgehead atoms. The number of phosphoric ester groups is 1. The van der Waals surface area contributed by atoms with Gasteiger partial charge in [0.2, 0.25) is 0 Å². The molecule has 5 atom stereocenters. The number of hydrogen-bond acceptors (Lipinski definition) is 30. The van der Waals surface area contributed by atoms with E-state index in [2.05, 4.69) is 48.0 Å². The van der Waals surface area contributed by atoms with Gasteiger partial charge in [-0.1, -0.05) is 67.7 Å². The van der Waals surface area contributed by atoms with Gasteiger partial charge in [0.1, 0.15) is 34.9 Å². The fourth-order valence-electron chi connectivity index (χ4n) is 8.98. The number of unbranched alkanes of at least 4 members (excludes halogenated alkanes) is 1. The molecule has 1 aromatic heterocycles. The summed E-state index contributed by atoms with van der Waals surface area (Å²) in [5.74, 6) is 2.00. The second-order valence-corrected chi connectivity index (χ2v) is 33.8. The minimum atomic E-state index is -5.79. The highest BCUT2D eigenvalue weighted by atomic mass is 33.1. The number of hydrogen-bond donors (Lipinski definition) is 12. The van der Waals surface area contributed by atoms with Gasteiger partial charge in [0.25, 0.3) is 26.1 Å². The van der Waals surface area contributed by atoms with Crippen molar-refractivity contribution in [3.63, 3.8) is 0 Å². The second-order valence-electron chi connectivity index (χ2n) is 21.2. The van der Waals surface area contributed by atoms with Gasteiger partial charge in [-0.3, -0.25) is 23.0 Å². The van der Waals surface area contributed by atoms with Gasteiger partial charge in [0.05, 0.1) is 75.7 Å². The number of carbonyl (C=O) groups excluding carboxylic acids is 3. The molecule has 100 heavy (non-hydrogen) atoms. The number of carbonyl (C=O) groups is 4. The third-order valence-corrected chi connectivity index (χ3v) is 23.5. The Labute approximate surface area is 586 Å². The van der Waals surface area contributed by atoms with Crippen LogP contribution >= 0.6 is 66.6 Å². The number of amides is 3. The van der Waals surface area contributed by atoms with Gasteiger partial charge >= 0.3 is 47.3 Å². The molecule has 0 radical (unpaired) electrons. The average Bonchev–Trinajstić information content (AvgIpc) is 0.764. The summed E-state index contributed by atoms with van der Waals surface area (Å²) in [5.41, 5.74) is 9.47. The highest BCUT2D eigenvalue weighted by Crippen LogP contribution is 2.66. The van der Waals surface area contributed by atoms with E-state index in [0.29, 0.717) is 31.8 Å². The normalized spacial score (nSPS) is 16.5. The van der Waals surface area contributed by atoms with Crippen molar-refractivity contribution >= 4 is 135 Å². The van der Waals surface area contributed by atoms with Crippen LogP contribution in [0.5, 0.6) is 11.5 Å². The quantitative estimate of drug-likeness (QED) is 0.00504. The van der Waals surface area contributed by atoms with Gasteiger partial charge in [-0.25, -0.2) is 32.9 Å². The second kappa shape index (κ2) is 37.5. The number of carboxylic acid groups (broad SMARTS) is 1. The van der Waals surface area contributed by atoms with Crippen LogP contribution in [0.2, 0.25) is 0 Å². The molecule has 1 fully saturated rings. The van der Waals surface area contributed by atoms with Gasteiger partial charge in [-0.2, -0.15) is 30.4 Å². The van der Waals surface area contributed by atoms with Crippen LogP contribution in [0.25, 0.3) is 12.2 Å². The van der Waals surface area contributed by atoms with Crippen LogP contribution in [0.1, 0.15) is 83.2 Å². The largest absolute Gasteiger partial charge is 0.490 e. The highest BCUT2D eigenvalue weighted by Gasteiger charge is 2.44. The summed E-state index contributed by atoms with van der Waals surface area (Å²) in [7, 11) is -21.6. The van der Waals surface area contributed by atoms with Crippen LogP contribution in [0.4, 0.5) is 21.1 Å². The van der Waals surface area contributed by atoms with E-state index >= 15 is 0 Å². The average molecular weight is 1580 g/mol. The van der Waals surface area contributed by atoms with Gasteiger partial charge in [-0.05, 0) is 86.5 Å². The number of benzene rings is 3. The predicted molar refractivity (Wildman–Crippen MR) is 362 cm³/mol. The lowest BCUT2D eigenvalue weighted by Crippen LogP contribution is -2.30. The zero-order valence-electron chi connectivity index (χ0n) is 52.9. The maximum atomic E-state index is 13.4. The third-order valence-electron chi connectivity index (χ3n) is 13.3. The number of anilines is 2. The van der Waals surface area contributed by atoms with Crippen LogP contribution in [-0.4, -0.2) is 192 Å². The van der Waals surface area contributed by atoms with Crippen molar-refractivity contribution in [3.05, 3.63) is 97.4 Å². The van der Waals surface area contributed by atoms with E-state index in [0.717, 1.165) is 16.7 Å². The number of phosphoric acid groups is 3. The number of aromatic nitrogens is 2. The van der Waals surface area contributed by atoms with Crippen LogP contribution in [0, 0.1) is 11.8 Å². The Morgan fingerprint density at radius 1 is 0.800 bits per heavy atom. The molecule has 2 unspecified atom stereocenters. The summed E-state index contributed by atoms with van der Waals surface area (Å²) in [6.45, 7) is 7.57. The van der Waals surface area contributed by atoms with Crippen LogP contribution in [0.3, 0.4) is 0 Å². The van der Waals surface area contributed by atoms with E-state index in [-0.39, 0.29) is 120 Å². The van der Waals surface area contributed by atoms with E-state index in [1.807, 2.05) is 13.8 Å². The molecule has 3 heterocycles. The number of ether oxygens (including phenoxy) is 8. The standard InChI is InChI=1S/C54H70N7O30P3S6/c1-32-9-11-36-43(37-13-14-39(55)47(100(78,79)80)45(37)89-44(36)46(32)99(75,76)77)38-26-33(10-12-35(38)50(63)64)49(62)57-17-22-81-24-25-82-23-18-59-53(67)85-21-15-54(2,3)98-97-30-83-19-5-6-20-84-52(66)58-16-7-8-34-28-61(51(65)60-48(34)56)42-27-40(86-31-96-95-4)41(88-42)29-87-93(71,72)91-94(73,74)90-92(68,69)70/h9-14,26,28,40-42H,1,5-6,15-25,27,29-31,55H2,2-4H3,(H,57,62)(H,58,66)(H,59,67)(H,63,64)(H,71,72)(H,73,74)(H2,56,60,65)(H2,68,69,70)(H,75,76,77)(H,78,79,80)/t40-,41+,42+/m0/s1. The number of carboxylic acids is 1. The first kappa shape index (κ1) is 83.1. The van der Waals surface area contributed by atoms with E-state index in [9.17, 15) is 78.5 Å². The summed E-state index contributed by atoms with van der Waals surface area (Å²) in [6, 6.07) is 8.30. The van der Waals surface area contributed by atoms with Crippen molar-refractivity contribution in [2.24, 2.45) is 0 Å². The third kappa shape index (κ3) is 25.8. The maximum absolute atomic E-state index is 13.4. The smallest absolute Gasteiger partial charge is 0.478 e. The molecular formula is C54H70N7O30P3S6. The van der Waals surface area contributed by atoms with Crippen LogP contribution in [-0.2, 0) is 80.2 Å². The van der Waals surface area contributed by atoms with Crippen molar-refractivity contribution in [1.82, 2.24) is 25.5 Å². The lowest BCUT2D eigenvalue weighted by Gasteiger charge is -2.25. The molecule has 37 nitrogen and oxygen atoms in total. The Bertz CT molecular complexity index is 4280. The van der Waals surface area contributed by atoms with E-state index in [4.69, 9.17) is 63.7 Å². The number of rotatable bonds is 39. The molecule has 14 N–H and O–H groups in total. The summed E-state index contributed by atoms with van der Waals surface area (Å²) < 4.78 is 163. The summed E-state index contributed by atoms with van der Waals surface area (Å²) in [6.07, 6.45) is -0.158. The molecule has 3 amide bonds. The van der Waals surface area contributed by atoms with Crippen LogP contribution < -0.4 is 48.3 Å². The first-order valence-corrected chi connectivity index (χ1v) is 41.4. The predicted octanol–water partition coefficient (Wildman–Crippen LogP) is 3.92. The Morgan fingerprint density at radius 2 is 1.47 bits per heavy atom. The minimum Gasteiger partial charge on any atom is -0.478 e. The Morgan fingerprint density at radius 3 is 2.14 bits per heavy atom. The number of nitrogens with zero attached hydrogens (tertiary/aromatic N) is 2. The Hall–Kier alpha value is -5.85. The van der Waals surface area contributed by atoms with Crippen molar-refractivity contribution in [3.8, 4) is 23.3 Å². The molecule has 46 heteroatoms. The number of aromatic carboxylic acids is 1. The molecule has 0 aliphatic carbocycles. The summed E-state index contributed by atoms with van der Waals surface area (Å²) >= 11 is 0. The van der Waals surface area contributed by atoms with Gasteiger partial charge in [-0.15, -0.1) is 0 Å². The maximum Gasteiger partial charge on any atom is 0.490 e. The number of nitrogens with two attached hydrogens (primary N) is 2. The molecule has 2 aliphatic rings. The van der Waals surface area contributed by atoms with E-state index in [1.165, 1.54) is 68.9 Å². The zero-order chi connectivity index (χ0) is 73.8. The molecule has 2 aliphatic heterocycles. The molecule has 0 saturated carbocycles. The van der Waals surface area contributed by atoms with Crippen molar-refractivity contribution in [2.45, 2.75) is 72.5 Å². The molecule has 552 valence electrons. The van der Waals surface area contributed by atoms with Crippen molar-refractivity contribution < 1.29 is 135 Å². The van der Waals surface area contributed by atoms with E-state index in [1.54, 1.807) is 17.0 Å². The van der Waals surface area contributed by atoms with Gasteiger partial charge < -0.3 is 90.0 Å². The monoisotopic (exact) mass is 1580 g/mol. The first-order chi connectivity index (χ1) is 46.9. The lowest BCUT2D eigenvalue weighted by atomic mass is 9.88. The highest BCUT2D eigenvalue weighted by molar-refractivity contribution is 8.77. The SMILES string of the molecule is C=c1ccc2c(c1S(=O)(=O)O)Oc1c(ccc(N)c1S(=O)(=O)O)C=2c1cc(C(=O)NCCOCCOCCNC(=O)OCCC(C)(C)SSCOCCCCOC(=O)NCC#Cc2cn([C@H]3C[C@H](OCSSC)[C@@H](COP(=O)(O)OP(=O)(O)OP(=O)(O)O)O3)c(=O)nc2N)ccc1C(=O)O. The molecule has 3 aromatic carbocycles. The number of nitrogen functional groups attached to an aromatic ring is 2. The number of alkyl carbamates (subject to hydrolysis) is 2. The Kier molecular flexibility index (Phi) is 31.2. The molecule has 1 saturated heterocycles. The summed E-state index contributed by atoms with van der Waals surface area (Å²) in [5, 5.41) is 17.5. The van der Waals surface area contributed by atoms with Crippen molar-refractivity contribution in [1.29, 1.82) is 0 Å². The molecule has 0 spiro atoms. The number of fused-ring (bicyclic) bond motifs is 2. The van der Waals surface area contributed by atoms with Crippen molar-refractivity contribution in [2.75, 3.05) is 102 Å². The number of nitrogens with one attached hydrogen (secondary N) is 3. The fraction of sp³-hybridized carbons (Fsp3) is 0.444. The molecule has 6 rings (SSSR count). The van der Waals surface area contributed by atoms with E-state index < -0.39 is 131 Å². The zero-order valence-corrected chi connectivity index (χ0v) is 60.5. The molecule has 4 aromatic rings. The van der Waals surface area contributed by atoms with Gasteiger partial charge in [0, 0.05) is 59.0 Å². The fourth-order valence-corrected chi connectivity index (χ4v) is 16.6. The lowest BCUT2D eigenvalue weighted by molar-refractivity contribution is -0.0543. The van der Waals surface area contributed by atoms with Gasteiger partial charge in [0.15, 0.2) is 16.4 Å². The first-order valence-electron chi connectivity index (χ1n) is 28.9. The summed E-state index contributed by atoms with van der Waals surface area (Å²) in [4.78, 5) is 102. The topological polar surface area (TPSA) is 554 Å². The molecular weight excluding hydrogens is 1510 g/mol. The van der Waals surface area contributed by atoms with Crippen LogP contribution in [0.15, 0.2) is 63.2 Å². The minimum absolute atomic E-state index is 0.0108.